The van der Waals surface area contributed by atoms with E-state index < -0.39 is 5.91 Å². The number of rotatable bonds is 7. The predicted octanol–water partition coefficient (Wildman–Crippen LogP) is 5.90. The first-order valence-corrected chi connectivity index (χ1v) is 11.2. The second-order valence-corrected chi connectivity index (χ2v) is 8.41. The Morgan fingerprint density at radius 3 is 2.61 bits per heavy atom. The molecule has 2 heterocycles. The number of ether oxygens (including phenoxy) is 1. The Morgan fingerprint density at radius 1 is 1.06 bits per heavy atom. The maximum atomic E-state index is 13.5. The van der Waals surface area contributed by atoms with Crippen LogP contribution in [0.5, 0.6) is 5.75 Å². The van der Waals surface area contributed by atoms with Gasteiger partial charge < -0.3 is 10.1 Å². The smallest absolute Gasteiger partial charge is 0.282 e. The molecule has 2 amide bonds. The fourth-order valence-corrected chi connectivity index (χ4v) is 4.32. The highest BCUT2D eigenvalue weighted by Crippen LogP contribution is 2.38. The molecule has 0 atom stereocenters. The first-order valence-electron chi connectivity index (χ1n) is 9.93. The van der Waals surface area contributed by atoms with Crippen molar-refractivity contribution in [2.24, 2.45) is 0 Å². The van der Waals surface area contributed by atoms with Crippen molar-refractivity contribution in [1.82, 2.24) is 0 Å². The molecule has 7 heteroatoms. The molecule has 0 saturated carbocycles. The van der Waals surface area contributed by atoms with Crippen molar-refractivity contribution in [3.05, 3.63) is 81.1 Å². The normalized spacial score (nSPS) is 13.8. The summed E-state index contributed by atoms with van der Waals surface area (Å²) < 4.78 is 5.70. The molecule has 5 nitrogen and oxygen atoms in total. The summed E-state index contributed by atoms with van der Waals surface area (Å²) >= 11 is 7.67. The molecule has 0 spiro atoms. The van der Waals surface area contributed by atoms with Gasteiger partial charge in [-0.05, 0) is 54.6 Å². The summed E-state index contributed by atoms with van der Waals surface area (Å²) in [5.41, 5.74) is 2.41. The summed E-state index contributed by atoms with van der Waals surface area (Å²) in [7, 11) is 0. The van der Waals surface area contributed by atoms with E-state index in [0.717, 1.165) is 11.3 Å². The van der Waals surface area contributed by atoms with Gasteiger partial charge in [0.2, 0.25) is 0 Å². The number of carbonyl (C=O) groups excluding carboxylic acids is 2. The van der Waals surface area contributed by atoms with Gasteiger partial charge in [0.05, 0.1) is 17.9 Å². The Bertz CT molecular complexity index is 1170. The van der Waals surface area contributed by atoms with E-state index in [9.17, 15) is 9.59 Å². The molecule has 1 aliphatic rings. The van der Waals surface area contributed by atoms with Gasteiger partial charge in [0.1, 0.15) is 11.4 Å². The molecule has 1 aromatic heterocycles. The lowest BCUT2D eigenvalue weighted by molar-refractivity contribution is -0.120. The van der Waals surface area contributed by atoms with Gasteiger partial charge >= 0.3 is 0 Å². The molecule has 0 bridgehead atoms. The Hall–Kier alpha value is -3.09. The number of thiophene rings is 1. The lowest BCUT2D eigenvalue weighted by atomic mass is 10.1. The minimum atomic E-state index is -0.418. The number of amides is 2. The minimum absolute atomic E-state index is 0.236. The predicted molar refractivity (Wildman–Crippen MR) is 126 cm³/mol. The van der Waals surface area contributed by atoms with Gasteiger partial charge in [0, 0.05) is 21.7 Å². The van der Waals surface area contributed by atoms with Gasteiger partial charge in [-0.2, -0.15) is 0 Å². The topological polar surface area (TPSA) is 58.6 Å². The van der Waals surface area contributed by atoms with Gasteiger partial charge in [-0.3, -0.25) is 9.59 Å². The van der Waals surface area contributed by atoms with Crippen LogP contribution in [0.25, 0.3) is 5.57 Å². The molecule has 31 heavy (non-hydrogen) atoms. The van der Waals surface area contributed by atoms with Crippen LogP contribution in [0.4, 0.5) is 11.4 Å². The van der Waals surface area contributed by atoms with Crippen LogP contribution < -0.4 is 15.0 Å². The number of imide groups is 1. The van der Waals surface area contributed by atoms with Crippen LogP contribution in [-0.4, -0.2) is 18.4 Å². The number of nitrogens with zero attached hydrogens (tertiary/aromatic N) is 1. The molecule has 3 aromatic rings. The average molecular weight is 453 g/mol. The van der Waals surface area contributed by atoms with Crippen LogP contribution in [0.3, 0.4) is 0 Å². The zero-order chi connectivity index (χ0) is 22.0. The number of benzene rings is 2. The van der Waals surface area contributed by atoms with Gasteiger partial charge in [0.15, 0.2) is 0 Å². The van der Waals surface area contributed by atoms with Crippen LogP contribution in [-0.2, 0) is 9.59 Å². The number of hydrogen-bond acceptors (Lipinski definition) is 5. The van der Waals surface area contributed by atoms with Crippen LogP contribution in [0.1, 0.15) is 23.8 Å². The molecule has 0 aliphatic carbocycles. The third-order valence-corrected chi connectivity index (χ3v) is 6.20. The number of halogens is 1. The van der Waals surface area contributed by atoms with Crippen molar-refractivity contribution >= 4 is 51.7 Å². The highest BCUT2D eigenvalue weighted by molar-refractivity contribution is 7.11. The zero-order valence-electron chi connectivity index (χ0n) is 17.1. The second kappa shape index (κ2) is 8.96. The van der Waals surface area contributed by atoms with E-state index >= 15 is 0 Å². The lowest BCUT2D eigenvalue weighted by Crippen LogP contribution is -2.33. The van der Waals surface area contributed by atoms with Crippen LogP contribution in [0.15, 0.2) is 65.7 Å². The molecule has 1 aliphatic heterocycles. The maximum Gasteiger partial charge on any atom is 0.282 e. The maximum absolute atomic E-state index is 13.5. The van der Waals surface area contributed by atoms with Crippen LogP contribution in [0, 0.1) is 6.92 Å². The van der Waals surface area contributed by atoms with Crippen molar-refractivity contribution in [1.29, 1.82) is 0 Å². The van der Waals surface area contributed by atoms with E-state index in [2.05, 4.69) is 5.32 Å². The van der Waals surface area contributed by atoms with Gasteiger partial charge in [0.25, 0.3) is 11.8 Å². The summed E-state index contributed by atoms with van der Waals surface area (Å²) in [5.74, 6) is -0.0956. The first-order chi connectivity index (χ1) is 15.0. The number of anilines is 2. The summed E-state index contributed by atoms with van der Waals surface area (Å²) in [4.78, 5) is 28.8. The molecule has 0 saturated heterocycles. The molecule has 4 rings (SSSR count). The molecular weight excluding hydrogens is 432 g/mol. The third-order valence-electron chi connectivity index (χ3n) is 4.91. The van der Waals surface area contributed by atoms with Gasteiger partial charge in [-0.15, -0.1) is 11.3 Å². The van der Waals surface area contributed by atoms with E-state index in [1.54, 1.807) is 25.1 Å². The van der Waals surface area contributed by atoms with Crippen LogP contribution >= 0.6 is 22.9 Å². The Labute approximate surface area is 189 Å². The molecular formula is C24H21ClN2O3S. The molecule has 2 aromatic carbocycles. The van der Waals surface area contributed by atoms with E-state index in [1.807, 2.05) is 48.7 Å². The Balaban J connectivity index is 1.75. The fraction of sp³-hybridized carbons (Fsp3) is 0.167. The summed E-state index contributed by atoms with van der Waals surface area (Å²) in [6, 6.07) is 16.2. The third kappa shape index (κ3) is 4.09. The van der Waals surface area contributed by atoms with E-state index in [0.29, 0.717) is 39.9 Å². The van der Waals surface area contributed by atoms with Crippen molar-refractivity contribution in [2.75, 3.05) is 16.8 Å². The first kappa shape index (κ1) is 21.2. The number of hydrogen-bond donors (Lipinski definition) is 1. The largest absolute Gasteiger partial charge is 0.494 e. The quantitative estimate of drug-likeness (QED) is 0.454. The van der Waals surface area contributed by atoms with E-state index in [-0.39, 0.29) is 11.6 Å². The SMILES string of the molecule is CCCOc1cccc(NC2=C(c3cccs3)C(=O)N(c3cccc(Cl)c3C)C2=O)c1. The molecule has 0 fully saturated rings. The Morgan fingerprint density at radius 2 is 1.87 bits per heavy atom. The zero-order valence-corrected chi connectivity index (χ0v) is 18.7. The van der Waals surface area contributed by atoms with Gasteiger partial charge in [-0.1, -0.05) is 36.7 Å². The van der Waals surface area contributed by atoms with Crippen molar-refractivity contribution in [3.63, 3.8) is 0 Å². The average Bonchev–Trinajstić information content (AvgIpc) is 3.36. The number of nitrogens with one attached hydrogen (secondary N) is 1. The van der Waals surface area contributed by atoms with E-state index in [4.69, 9.17) is 16.3 Å². The van der Waals surface area contributed by atoms with Gasteiger partial charge in [-0.25, -0.2) is 4.90 Å². The van der Waals surface area contributed by atoms with Crippen molar-refractivity contribution in [3.8, 4) is 5.75 Å². The molecule has 0 radical (unpaired) electrons. The van der Waals surface area contributed by atoms with Crippen LogP contribution in [0.2, 0.25) is 5.02 Å². The van der Waals surface area contributed by atoms with E-state index in [1.165, 1.54) is 16.2 Å². The molecule has 0 unspecified atom stereocenters. The summed E-state index contributed by atoms with van der Waals surface area (Å²) in [6.45, 7) is 4.43. The highest BCUT2D eigenvalue weighted by atomic mass is 35.5. The number of carbonyl (C=O) groups is 2. The standard InChI is InChI=1S/C24H21ClN2O3S/c1-3-12-30-17-8-4-7-16(14-17)26-22-21(20-11-6-13-31-20)23(28)27(24(22)29)19-10-5-9-18(25)15(19)2/h4-11,13-14,26H,3,12H2,1-2H3. The van der Waals surface area contributed by atoms with Crippen molar-refractivity contribution in [2.45, 2.75) is 20.3 Å². The fourth-order valence-electron chi connectivity index (χ4n) is 3.38. The summed E-state index contributed by atoms with van der Waals surface area (Å²) in [5, 5.41) is 5.55. The molecule has 158 valence electrons. The monoisotopic (exact) mass is 452 g/mol. The minimum Gasteiger partial charge on any atom is -0.494 e. The summed E-state index contributed by atoms with van der Waals surface area (Å²) in [6.07, 6.45) is 0.895. The van der Waals surface area contributed by atoms with Crippen molar-refractivity contribution < 1.29 is 14.3 Å². The lowest BCUT2D eigenvalue weighted by Gasteiger charge is -2.18. The highest BCUT2D eigenvalue weighted by Gasteiger charge is 2.41. The second-order valence-electron chi connectivity index (χ2n) is 7.06. The molecule has 1 N–H and O–H groups in total. The Kier molecular flexibility index (Phi) is 6.11.